The molecule has 1 fully saturated rings. The molecule has 1 aliphatic rings. The third kappa shape index (κ3) is 5.92. The molecule has 8 heavy (non-hydrogen) atoms. The predicted molar refractivity (Wildman–Crippen MR) is 35.0 cm³/mol. The van der Waals surface area contributed by atoms with Crippen LogP contribution in [0.2, 0.25) is 0 Å². The molecule has 0 bridgehead atoms. The highest BCUT2D eigenvalue weighted by Gasteiger charge is 1.94. The Morgan fingerprint density at radius 1 is 1.00 bits per heavy atom. The monoisotopic (exact) mass is 120 g/mol. The van der Waals surface area contributed by atoms with Crippen LogP contribution in [0.25, 0.3) is 0 Å². The first-order chi connectivity index (χ1) is 3.50. The molecule has 0 radical (unpaired) electrons. The van der Waals surface area contributed by atoms with E-state index in [0.717, 1.165) is 13.2 Å². The van der Waals surface area contributed by atoms with Gasteiger partial charge in [0.25, 0.3) is 0 Å². The third-order valence-corrected chi connectivity index (χ3v) is 0.827. The van der Waals surface area contributed by atoms with Gasteiger partial charge >= 0.3 is 0 Å². The van der Waals surface area contributed by atoms with Crippen molar-refractivity contribution >= 4 is 0 Å². The van der Waals surface area contributed by atoms with Crippen molar-refractivity contribution in [1.82, 2.24) is 0 Å². The second-order valence-corrected chi connectivity index (χ2v) is 1.32. The smallest absolute Gasteiger partial charge is 0.0466 e. The van der Waals surface area contributed by atoms with Crippen molar-refractivity contribution < 1.29 is 10.2 Å². The summed E-state index contributed by atoms with van der Waals surface area (Å²) in [5.41, 5.74) is 0. The highest BCUT2D eigenvalue weighted by Crippen LogP contribution is 1.98. The van der Waals surface area contributed by atoms with E-state index in [1.54, 1.807) is 0 Å². The molecule has 0 aromatic heterocycles. The minimum Gasteiger partial charge on any atom is -0.412 e. The highest BCUT2D eigenvalue weighted by atomic mass is 16.5. The Balaban J connectivity index is 0. The molecule has 1 saturated heterocycles. The Bertz CT molecular complexity index is 18.1. The summed E-state index contributed by atoms with van der Waals surface area (Å²) < 4.78 is 4.94. The lowest BCUT2D eigenvalue weighted by Gasteiger charge is -1.76. The fourth-order valence-corrected chi connectivity index (χ4v) is 0.510. The third-order valence-electron chi connectivity index (χ3n) is 0.827. The molecular weight excluding hydrogens is 104 g/mol. The molecule has 2 nitrogen and oxygen atoms in total. The van der Waals surface area contributed by atoms with Gasteiger partial charge in [0.15, 0.2) is 0 Å². The summed E-state index contributed by atoms with van der Waals surface area (Å²) in [6.45, 7) is 6.00. The number of rotatable bonds is 0. The standard InChI is InChI=1S/C4H8O.C2H6.H2O/c1-2-4-5-3-1;1-2;/h1-4H2;1-2H3;1H2. The lowest BCUT2D eigenvalue weighted by Crippen LogP contribution is -1.74. The van der Waals surface area contributed by atoms with Crippen molar-refractivity contribution in [2.45, 2.75) is 26.7 Å². The molecule has 1 aliphatic heterocycles. The van der Waals surface area contributed by atoms with Gasteiger partial charge in [-0.2, -0.15) is 0 Å². The van der Waals surface area contributed by atoms with Gasteiger partial charge in [0.05, 0.1) is 0 Å². The van der Waals surface area contributed by atoms with Gasteiger partial charge in [-0.15, -0.1) is 0 Å². The molecule has 2 heteroatoms. The molecule has 52 valence electrons. The minimum atomic E-state index is 0. The second-order valence-electron chi connectivity index (χ2n) is 1.32. The largest absolute Gasteiger partial charge is 0.412 e. The normalized spacial score (nSPS) is 15.8. The van der Waals surface area contributed by atoms with E-state index in [-0.39, 0.29) is 5.48 Å². The first-order valence-electron chi connectivity index (χ1n) is 3.08. The second kappa shape index (κ2) is 10.0. The van der Waals surface area contributed by atoms with Crippen LogP contribution in [-0.2, 0) is 4.74 Å². The highest BCUT2D eigenvalue weighted by molar-refractivity contribution is 4.43. The zero-order chi connectivity index (χ0) is 5.54. The van der Waals surface area contributed by atoms with Gasteiger partial charge in [-0.1, -0.05) is 13.8 Å². The van der Waals surface area contributed by atoms with Crippen LogP contribution in [0.15, 0.2) is 0 Å². The van der Waals surface area contributed by atoms with Gasteiger partial charge in [-0.05, 0) is 12.8 Å². The quantitative estimate of drug-likeness (QED) is 0.470. The van der Waals surface area contributed by atoms with Crippen LogP contribution in [0, 0.1) is 0 Å². The zero-order valence-electron chi connectivity index (χ0n) is 5.74. The Labute approximate surface area is 51.2 Å². The summed E-state index contributed by atoms with van der Waals surface area (Å²) >= 11 is 0. The first-order valence-corrected chi connectivity index (χ1v) is 3.08. The Hall–Kier alpha value is -0.0800. The summed E-state index contributed by atoms with van der Waals surface area (Å²) in [5, 5.41) is 0. The van der Waals surface area contributed by atoms with Crippen LogP contribution < -0.4 is 0 Å². The minimum absolute atomic E-state index is 0. The predicted octanol–water partition coefficient (Wildman–Crippen LogP) is 0.998. The molecule has 0 spiro atoms. The van der Waals surface area contributed by atoms with Crippen LogP contribution in [-0.4, -0.2) is 18.7 Å². The SMILES string of the molecule is C1CCOC1.CC.O. The first kappa shape index (κ1) is 10.8. The topological polar surface area (TPSA) is 40.7 Å². The van der Waals surface area contributed by atoms with E-state index in [2.05, 4.69) is 0 Å². The summed E-state index contributed by atoms with van der Waals surface area (Å²) in [7, 11) is 0. The summed E-state index contributed by atoms with van der Waals surface area (Å²) in [4.78, 5) is 0. The van der Waals surface area contributed by atoms with Crippen molar-refractivity contribution in [2.24, 2.45) is 0 Å². The Morgan fingerprint density at radius 3 is 1.50 bits per heavy atom. The average molecular weight is 120 g/mol. The van der Waals surface area contributed by atoms with E-state index in [1.165, 1.54) is 12.8 Å². The molecule has 0 aromatic carbocycles. The van der Waals surface area contributed by atoms with Gasteiger partial charge in [-0.3, -0.25) is 0 Å². The van der Waals surface area contributed by atoms with E-state index in [4.69, 9.17) is 4.74 Å². The van der Waals surface area contributed by atoms with Gasteiger partial charge in [0.2, 0.25) is 0 Å². The van der Waals surface area contributed by atoms with Crippen molar-refractivity contribution in [1.29, 1.82) is 0 Å². The summed E-state index contributed by atoms with van der Waals surface area (Å²) in [5.74, 6) is 0. The average Bonchev–Trinajstić information content (AvgIpc) is 2.23. The maximum atomic E-state index is 4.94. The lowest BCUT2D eigenvalue weighted by molar-refractivity contribution is 0.198. The molecule has 0 aliphatic carbocycles. The van der Waals surface area contributed by atoms with Gasteiger partial charge in [-0.25, -0.2) is 0 Å². The summed E-state index contributed by atoms with van der Waals surface area (Å²) in [6, 6.07) is 0. The molecule has 1 rings (SSSR count). The van der Waals surface area contributed by atoms with E-state index >= 15 is 0 Å². The van der Waals surface area contributed by atoms with Gasteiger partial charge in [0, 0.05) is 13.2 Å². The Kier molecular flexibility index (Phi) is 13.6. The molecule has 0 amide bonds. The van der Waals surface area contributed by atoms with Crippen LogP contribution >= 0.6 is 0 Å². The van der Waals surface area contributed by atoms with Crippen molar-refractivity contribution in [2.75, 3.05) is 13.2 Å². The molecular formula is C6H16O2. The zero-order valence-corrected chi connectivity index (χ0v) is 5.74. The fraction of sp³-hybridized carbons (Fsp3) is 1.00. The molecule has 0 atom stereocenters. The maximum Gasteiger partial charge on any atom is 0.0466 e. The van der Waals surface area contributed by atoms with E-state index < -0.39 is 0 Å². The molecule has 0 aromatic rings. The molecule has 1 heterocycles. The Morgan fingerprint density at radius 2 is 1.38 bits per heavy atom. The van der Waals surface area contributed by atoms with Crippen LogP contribution in [0.4, 0.5) is 0 Å². The lowest BCUT2D eigenvalue weighted by atomic mass is 10.4. The summed E-state index contributed by atoms with van der Waals surface area (Å²) in [6.07, 6.45) is 2.56. The number of ether oxygens (including phenoxy) is 1. The van der Waals surface area contributed by atoms with Crippen molar-refractivity contribution in [3.8, 4) is 0 Å². The van der Waals surface area contributed by atoms with Crippen LogP contribution in [0.5, 0.6) is 0 Å². The fourth-order valence-electron chi connectivity index (χ4n) is 0.510. The van der Waals surface area contributed by atoms with Gasteiger partial charge in [0.1, 0.15) is 0 Å². The van der Waals surface area contributed by atoms with E-state index in [1.807, 2.05) is 13.8 Å². The van der Waals surface area contributed by atoms with Gasteiger partial charge < -0.3 is 10.2 Å². The maximum absolute atomic E-state index is 4.94. The molecule has 0 unspecified atom stereocenters. The number of hydrogen-bond acceptors (Lipinski definition) is 1. The van der Waals surface area contributed by atoms with Crippen LogP contribution in [0.3, 0.4) is 0 Å². The van der Waals surface area contributed by atoms with Crippen molar-refractivity contribution in [3.05, 3.63) is 0 Å². The molecule has 2 N–H and O–H groups in total. The van der Waals surface area contributed by atoms with Crippen molar-refractivity contribution in [3.63, 3.8) is 0 Å². The van der Waals surface area contributed by atoms with Crippen LogP contribution in [0.1, 0.15) is 26.7 Å². The molecule has 0 saturated carbocycles. The van der Waals surface area contributed by atoms with E-state index in [9.17, 15) is 0 Å². The van der Waals surface area contributed by atoms with E-state index in [0.29, 0.717) is 0 Å². The number of hydrogen-bond donors (Lipinski definition) is 0.